The summed E-state index contributed by atoms with van der Waals surface area (Å²) >= 11 is 0. The van der Waals surface area contributed by atoms with Crippen molar-refractivity contribution >= 4 is 5.69 Å². The van der Waals surface area contributed by atoms with Crippen LogP contribution in [-0.2, 0) is 11.3 Å². The summed E-state index contributed by atoms with van der Waals surface area (Å²) in [4.78, 5) is 10.6. The van der Waals surface area contributed by atoms with Crippen LogP contribution < -0.4 is 5.32 Å². The molecule has 5 heteroatoms. The molecule has 0 aliphatic carbocycles. The van der Waals surface area contributed by atoms with Gasteiger partial charge < -0.3 is 10.1 Å². The van der Waals surface area contributed by atoms with Gasteiger partial charge in [0, 0.05) is 24.8 Å². The number of nitro groups is 1. The van der Waals surface area contributed by atoms with E-state index < -0.39 is 0 Å². The van der Waals surface area contributed by atoms with E-state index in [4.69, 9.17) is 4.74 Å². The quantitative estimate of drug-likeness (QED) is 0.493. The lowest BCUT2D eigenvalue weighted by Crippen LogP contribution is -2.25. The first-order valence-electron chi connectivity index (χ1n) is 7.23. The third-order valence-electron chi connectivity index (χ3n) is 3.85. The van der Waals surface area contributed by atoms with Crippen molar-refractivity contribution in [2.45, 2.75) is 45.3 Å². The monoisotopic (exact) mass is 278 g/mol. The lowest BCUT2D eigenvalue weighted by Gasteiger charge is -2.22. The predicted molar refractivity (Wildman–Crippen MR) is 77.7 cm³/mol. The second kappa shape index (κ2) is 7.36. The number of nitrogens with zero attached hydrogens (tertiary/aromatic N) is 1. The number of hydrogen-bond donors (Lipinski definition) is 1. The number of nitro benzene ring substituents is 1. The molecule has 1 fully saturated rings. The Labute approximate surface area is 119 Å². The molecule has 5 nitrogen and oxygen atoms in total. The van der Waals surface area contributed by atoms with Crippen LogP contribution in [0, 0.1) is 17.0 Å². The van der Waals surface area contributed by atoms with Gasteiger partial charge in [-0.1, -0.05) is 12.1 Å². The molecule has 1 unspecified atom stereocenters. The maximum absolute atomic E-state index is 10.9. The molecule has 0 radical (unpaired) electrons. The molecule has 0 spiro atoms. The third-order valence-corrected chi connectivity index (χ3v) is 3.85. The smallest absolute Gasteiger partial charge is 0.272 e. The van der Waals surface area contributed by atoms with E-state index >= 15 is 0 Å². The van der Waals surface area contributed by atoms with Gasteiger partial charge in [0.1, 0.15) is 0 Å². The number of benzene rings is 1. The van der Waals surface area contributed by atoms with Gasteiger partial charge in [-0.25, -0.2) is 0 Å². The zero-order valence-corrected chi connectivity index (χ0v) is 11.9. The summed E-state index contributed by atoms with van der Waals surface area (Å²) in [5, 5.41) is 14.2. The Morgan fingerprint density at radius 1 is 1.45 bits per heavy atom. The van der Waals surface area contributed by atoms with E-state index in [1.54, 1.807) is 19.1 Å². The highest BCUT2D eigenvalue weighted by molar-refractivity contribution is 5.44. The fourth-order valence-corrected chi connectivity index (χ4v) is 2.58. The van der Waals surface area contributed by atoms with E-state index in [1.165, 1.54) is 12.8 Å². The molecule has 0 aromatic heterocycles. The van der Waals surface area contributed by atoms with Crippen LogP contribution >= 0.6 is 0 Å². The first-order valence-corrected chi connectivity index (χ1v) is 7.23. The Hall–Kier alpha value is -1.46. The molecular weight excluding hydrogens is 256 g/mol. The first kappa shape index (κ1) is 14.9. The zero-order valence-electron chi connectivity index (χ0n) is 11.9. The molecule has 1 heterocycles. The molecular formula is C15H22N2O3. The second-order valence-corrected chi connectivity index (χ2v) is 5.27. The molecule has 1 N–H and O–H groups in total. The van der Waals surface area contributed by atoms with Gasteiger partial charge in [0.25, 0.3) is 5.69 Å². The summed E-state index contributed by atoms with van der Waals surface area (Å²) in [6.07, 6.45) is 4.97. The van der Waals surface area contributed by atoms with E-state index in [9.17, 15) is 10.1 Å². The molecule has 1 aliphatic rings. The standard InChI is InChI=1S/C15H22N2O3/c1-12-13(5-4-7-15(12)17(18)19)11-16-9-8-14-6-2-3-10-20-14/h4-5,7,14,16H,2-3,6,8-11H2,1H3. The van der Waals surface area contributed by atoms with Crippen molar-refractivity contribution in [2.75, 3.05) is 13.2 Å². The van der Waals surface area contributed by atoms with E-state index in [0.29, 0.717) is 12.6 Å². The lowest BCUT2D eigenvalue weighted by atomic mass is 10.1. The Bertz CT molecular complexity index is 456. The van der Waals surface area contributed by atoms with Crippen LogP contribution in [0.2, 0.25) is 0 Å². The molecule has 1 aromatic rings. The minimum Gasteiger partial charge on any atom is -0.378 e. The molecule has 1 saturated heterocycles. The van der Waals surface area contributed by atoms with Gasteiger partial charge in [-0.3, -0.25) is 10.1 Å². The molecule has 0 amide bonds. The van der Waals surface area contributed by atoms with Gasteiger partial charge in [-0.2, -0.15) is 0 Å². The van der Waals surface area contributed by atoms with E-state index in [1.807, 2.05) is 6.07 Å². The fourth-order valence-electron chi connectivity index (χ4n) is 2.58. The largest absolute Gasteiger partial charge is 0.378 e. The zero-order chi connectivity index (χ0) is 14.4. The number of rotatable bonds is 6. The van der Waals surface area contributed by atoms with Gasteiger partial charge in [-0.05, 0) is 44.7 Å². The summed E-state index contributed by atoms with van der Waals surface area (Å²) in [7, 11) is 0. The highest BCUT2D eigenvalue weighted by atomic mass is 16.6. The first-order chi connectivity index (χ1) is 9.68. The average molecular weight is 278 g/mol. The highest BCUT2D eigenvalue weighted by Crippen LogP contribution is 2.21. The molecule has 20 heavy (non-hydrogen) atoms. The fraction of sp³-hybridized carbons (Fsp3) is 0.600. The van der Waals surface area contributed by atoms with Gasteiger partial charge >= 0.3 is 0 Å². The van der Waals surface area contributed by atoms with Gasteiger partial charge in [0.05, 0.1) is 11.0 Å². The maximum Gasteiger partial charge on any atom is 0.272 e. The van der Waals surface area contributed by atoms with Gasteiger partial charge in [0.15, 0.2) is 0 Å². The topological polar surface area (TPSA) is 64.4 Å². The van der Waals surface area contributed by atoms with Crippen molar-refractivity contribution in [2.24, 2.45) is 0 Å². The molecule has 1 aromatic carbocycles. The van der Waals surface area contributed by atoms with Crippen molar-refractivity contribution < 1.29 is 9.66 Å². The molecule has 2 rings (SSSR count). The van der Waals surface area contributed by atoms with Crippen molar-refractivity contribution in [1.82, 2.24) is 5.32 Å². The second-order valence-electron chi connectivity index (χ2n) is 5.27. The number of hydrogen-bond acceptors (Lipinski definition) is 4. The summed E-state index contributed by atoms with van der Waals surface area (Å²) in [5.74, 6) is 0. The Kier molecular flexibility index (Phi) is 5.49. The maximum atomic E-state index is 10.9. The average Bonchev–Trinajstić information content (AvgIpc) is 2.46. The Morgan fingerprint density at radius 3 is 3.00 bits per heavy atom. The van der Waals surface area contributed by atoms with E-state index in [2.05, 4.69) is 5.32 Å². The number of ether oxygens (including phenoxy) is 1. The van der Waals surface area contributed by atoms with Crippen LogP contribution in [0.4, 0.5) is 5.69 Å². The molecule has 1 atom stereocenters. The Morgan fingerprint density at radius 2 is 2.30 bits per heavy atom. The van der Waals surface area contributed by atoms with Crippen molar-refractivity contribution in [1.29, 1.82) is 0 Å². The van der Waals surface area contributed by atoms with E-state index in [0.717, 1.165) is 37.1 Å². The summed E-state index contributed by atoms with van der Waals surface area (Å²) in [5.41, 5.74) is 1.93. The van der Waals surface area contributed by atoms with Crippen LogP contribution in [-0.4, -0.2) is 24.2 Å². The molecule has 0 saturated carbocycles. The van der Waals surface area contributed by atoms with Crippen molar-refractivity contribution in [3.05, 3.63) is 39.4 Å². The minimum absolute atomic E-state index is 0.194. The minimum atomic E-state index is -0.325. The predicted octanol–water partition coefficient (Wildman–Crippen LogP) is 2.95. The Balaban J connectivity index is 1.79. The summed E-state index contributed by atoms with van der Waals surface area (Å²) in [6.45, 7) is 4.24. The molecule has 1 aliphatic heterocycles. The van der Waals surface area contributed by atoms with Crippen molar-refractivity contribution in [3.63, 3.8) is 0 Å². The molecule has 0 bridgehead atoms. The van der Waals surface area contributed by atoms with Gasteiger partial charge in [0.2, 0.25) is 0 Å². The van der Waals surface area contributed by atoms with Crippen LogP contribution in [0.25, 0.3) is 0 Å². The van der Waals surface area contributed by atoms with Crippen LogP contribution in [0.3, 0.4) is 0 Å². The van der Waals surface area contributed by atoms with Crippen LogP contribution in [0.1, 0.15) is 36.8 Å². The molecule has 110 valence electrons. The summed E-state index contributed by atoms with van der Waals surface area (Å²) in [6, 6.07) is 5.23. The summed E-state index contributed by atoms with van der Waals surface area (Å²) < 4.78 is 5.68. The lowest BCUT2D eigenvalue weighted by molar-refractivity contribution is -0.385. The third kappa shape index (κ3) is 4.02. The van der Waals surface area contributed by atoms with E-state index in [-0.39, 0.29) is 10.6 Å². The van der Waals surface area contributed by atoms with Crippen molar-refractivity contribution in [3.8, 4) is 0 Å². The number of nitrogens with one attached hydrogen (secondary N) is 1. The highest BCUT2D eigenvalue weighted by Gasteiger charge is 2.14. The SMILES string of the molecule is Cc1c(CNCCC2CCCCO2)cccc1[N+](=O)[O-]. The van der Waals surface area contributed by atoms with Crippen LogP contribution in [0.15, 0.2) is 18.2 Å². The van der Waals surface area contributed by atoms with Crippen LogP contribution in [0.5, 0.6) is 0 Å². The van der Waals surface area contributed by atoms with Gasteiger partial charge in [-0.15, -0.1) is 0 Å². The normalized spacial score (nSPS) is 18.9.